The van der Waals surface area contributed by atoms with Crippen molar-refractivity contribution in [2.75, 3.05) is 0 Å². The van der Waals surface area contributed by atoms with Gasteiger partial charge in [-0.1, -0.05) is 28.1 Å². The van der Waals surface area contributed by atoms with Gasteiger partial charge in [-0.05, 0) is 35.4 Å². The van der Waals surface area contributed by atoms with E-state index in [0.29, 0.717) is 22.0 Å². The molecule has 0 spiro atoms. The first-order valence-electron chi connectivity index (χ1n) is 5.79. The van der Waals surface area contributed by atoms with Gasteiger partial charge in [-0.15, -0.1) is 0 Å². The highest BCUT2D eigenvalue weighted by molar-refractivity contribution is 9.08. The van der Waals surface area contributed by atoms with E-state index in [1.54, 1.807) is 24.3 Å². The summed E-state index contributed by atoms with van der Waals surface area (Å²) in [6.07, 6.45) is 0. The number of nitrogens with zero attached hydrogens (tertiary/aromatic N) is 1. The Kier molecular flexibility index (Phi) is 4.70. The molecular formula is C15H10BrF2NO. The van der Waals surface area contributed by atoms with Crippen LogP contribution in [0.15, 0.2) is 36.4 Å². The lowest BCUT2D eigenvalue weighted by molar-refractivity contribution is 0.274. The summed E-state index contributed by atoms with van der Waals surface area (Å²) in [4.78, 5) is 0. The first-order chi connectivity index (χ1) is 9.63. The van der Waals surface area contributed by atoms with Gasteiger partial charge >= 0.3 is 0 Å². The van der Waals surface area contributed by atoms with E-state index in [0.717, 1.165) is 0 Å². The standard InChI is InChI=1S/C15H10BrF2NO/c16-7-12-5-13(17)15(14(18)6-12)20-9-11-3-1-2-10(4-11)8-19/h1-6H,7,9H2. The van der Waals surface area contributed by atoms with Gasteiger partial charge in [0.15, 0.2) is 17.4 Å². The molecule has 0 unspecified atom stereocenters. The predicted molar refractivity (Wildman–Crippen MR) is 74.5 cm³/mol. The van der Waals surface area contributed by atoms with Gasteiger partial charge in [0.25, 0.3) is 0 Å². The molecule has 0 N–H and O–H groups in total. The second-order valence-electron chi connectivity index (χ2n) is 4.12. The molecule has 20 heavy (non-hydrogen) atoms. The topological polar surface area (TPSA) is 33.0 Å². The van der Waals surface area contributed by atoms with Crippen molar-refractivity contribution in [2.24, 2.45) is 0 Å². The predicted octanol–water partition coefficient (Wildman–Crippen LogP) is 4.31. The Morgan fingerprint density at radius 3 is 2.40 bits per heavy atom. The number of alkyl halides is 1. The van der Waals surface area contributed by atoms with Crippen LogP contribution in [0.25, 0.3) is 0 Å². The molecule has 0 aliphatic carbocycles. The lowest BCUT2D eigenvalue weighted by atomic mass is 10.1. The highest BCUT2D eigenvalue weighted by Crippen LogP contribution is 2.25. The number of nitriles is 1. The summed E-state index contributed by atoms with van der Waals surface area (Å²) in [6, 6.07) is 11.1. The van der Waals surface area contributed by atoms with E-state index in [4.69, 9.17) is 10.00 Å². The van der Waals surface area contributed by atoms with Crippen LogP contribution in [0.1, 0.15) is 16.7 Å². The quantitative estimate of drug-likeness (QED) is 0.779. The third kappa shape index (κ3) is 3.34. The first kappa shape index (κ1) is 14.5. The molecule has 0 aromatic heterocycles. The molecule has 2 aromatic carbocycles. The minimum atomic E-state index is -0.740. The van der Waals surface area contributed by atoms with Crippen LogP contribution in [0.3, 0.4) is 0 Å². The third-order valence-corrected chi connectivity index (χ3v) is 3.30. The maximum absolute atomic E-state index is 13.7. The van der Waals surface area contributed by atoms with Gasteiger partial charge in [-0.2, -0.15) is 5.26 Å². The number of hydrogen-bond donors (Lipinski definition) is 0. The van der Waals surface area contributed by atoms with Crippen molar-refractivity contribution in [2.45, 2.75) is 11.9 Å². The largest absolute Gasteiger partial charge is 0.483 e. The van der Waals surface area contributed by atoms with Crippen LogP contribution in [0.5, 0.6) is 5.75 Å². The van der Waals surface area contributed by atoms with Gasteiger partial charge in [-0.3, -0.25) is 0 Å². The molecule has 2 rings (SSSR count). The second kappa shape index (κ2) is 6.49. The molecule has 0 aliphatic heterocycles. The number of benzene rings is 2. The van der Waals surface area contributed by atoms with Gasteiger partial charge in [0.2, 0.25) is 0 Å². The molecule has 2 aromatic rings. The Morgan fingerprint density at radius 1 is 1.10 bits per heavy atom. The maximum atomic E-state index is 13.7. The molecule has 0 saturated heterocycles. The Hall–Kier alpha value is -1.93. The van der Waals surface area contributed by atoms with Crippen LogP contribution in [0.2, 0.25) is 0 Å². The number of hydrogen-bond acceptors (Lipinski definition) is 2. The summed E-state index contributed by atoms with van der Waals surface area (Å²) < 4.78 is 32.6. The lowest BCUT2D eigenvalue weighted by Gasteiger charge is -2.09. The molecule has 0 fully saturated rings. The fraction of sp³-hybridized carbons (Fsp3) is 0.133. The van der Waals surface area contributed by atoms with E-state index in [1.165, 1.54) is 12.1 Å². The minimum Gasteiger partial charge on any atom is -0.483 e. The average molecular weight is 338 g/mol. The number of ether oxygens (including phenoxy) is 1. The van der Waals surface area contributed by atoms with Crippen LogP contribution < -0.4 is 4.74 Å². The molecule has 0 heterocycles. The Morgan fingerprint density at radius 2 is 1.80 bits per heavy atom. The van der Waals surface area contributed by atoms with Crippen LogP contribution in [0, 0.1) is 23.0 Å². The van der Waals surface area contributed by atoms with Crippen molar-refractivity contribution in [3.05, 3.63) is 64.7 Å². The molecule has 0 aliphatic rings. The molecule has 0 saturated carbocycles. The summed E-state index contributed by atoms with van der Waals surface area (Å²) in [5.41, 5.74) is 1.65. The molecule has 0 amide bonds. The van der Waals surface area contributed by atoms with Gasteiger partial charge in [0.1, 0.15) is 6.61 Å². The average Bonchev–Trinajstić information content (AvgIpc) is 2.46. The zero-order valence-corrected chi connectivity index (χ0v) is 12.0. The second-order valence-corrected chi connectivity index (χ2v) is 4.68. The highest BCUT2D eigenvalue weighted by atomic mass is 79.9. The maximum Gasteiger partial charge on any atom is 0.191 e. The Labute approximate surface area is 123 Å². The van der Waals surface area contributed by atoms with Crippen molar-refractivity contribution < 1.29 is 13.5 Å². The highest BCUT2D eigenvalue weighted by Gasteiger charge is 2.12. The molecule has 0 bridgehead atoms. The summed E-state index contributed by atoms with van der Waals surface area (Å²) in [7, 11) is 0. The number of rotatable bonds is 4. The van der Waals surface area contributed by atoms with Crippen LogP contribution in [0.4, 0.5) is 8.78 Å². The van der Waals surface area contributed by atoms with Crippen molar-refractivity contribution in [3.8, 4) is 11.8 Å². The Bertz CT molecular complexity index is 644. The fourth-order valence-corrected chi connectivity index (χ4v) is 2.04. The molecule has 2 nitrogen and oxygen atoms in total. The minimum absolute atomic E-state index is 0.00296. The monoisotopic (exact) mass is 337 g/mol. The van der Waals surface area contributed by atoms with Crippen molar-refractivity contribution in [1.82, 2.24) is 0 Å². The summed E-state index contributed by atoms with van der Waals surface area (Å²) >= 11 is 3.14. The SMILES string of the molecule is N#Cc1cccc(COc2c(F)cc(CBr)cc2F)c1. The Balaban J connectivity index is 2.17. The van der Waals surface area contributed by atoms with E-state index in [1.807, 2.05) is 6.07 Å². The summed E-state index contributed by atoms with van der Waals surface area (Å²) in [6.45, 7) is -0.00296. The first-order valence-corrected chi connectivity index (χ1v) is 6.92. The van der Waals surface area contributed by atoms with Gasteiger partial charge in [0, 0.05) is 5.33 Å². The smallest absolute Gasteiger partial charge is 0.191 e. The third-order valence-electron chi connectivity index (χ3n) is 2.65. The van der Waals surface area contributed by atoms with E-state index >= 15 is 0 Å². The van der Waals surface area contributed by atoms with E-state index < -0.39 is 17.4 Å². The summed E-state index contributed by atoms with van der Waals surface area (Å²) in [5.74, 6) is -1.89. The van der Waals surface area contributed by atoms with Crippen LogP contribution in [-0.4, -0.2) is 0 Å². The van der Waals surface area contributed by atoms with Crippen LogP contribution in [-0.2, 0) is 11.9 Å². The fourth-order valence-electron chi connectivity index (χ4n) is 1.71. The zero-order chi connectivity index (χ0) is 14.5. The molecule has 102 valence electrons. The lowest BCUT2D eigenvalue weighted by Crippen LogP contribution is -2.01. The van der Waals surface area contributed by atoms with Crippen molar-refractivity contribution >= 4 is 15.9 Å². The van der Waals surface area contributed by atoms with Crippen molar-refractivity contribution in [1.29, 1.82) is 5.26 Å². The zero-order valence-electron chi connectivity index (χ0n) is 10.4. The number of halogens is 3. The molecule has 0 atom stereocenters. The van der Waals surface area contributed by atoms with E-state index in [9.17, 15) is 8.78 Å². The molecule has 0 radical (unpaired) electrons. The van der Waals surface area contributed by atoms with Gasteiger partial charge in [0.05, 0.1) is 11.6 Å². The summed E-state index contributed by atoms with van der Waals surface area (Å²) in [5, 5.41) is 9.14. The van der Waals surface area contributed by atoms with Crippen molar-refractivity contribution in [3.63, 3.8) is 0 Å². The normalized spacial score (nSPS) is 10.1. The molecular weight excluding hydrogens is 328 g/mol. The van der Waals surface area contributed by atoms with Gasteiger partial charge < -0.3 is 4.74 Å². The van der Waals surface area contributed by atoms with Crippen LogP contribution >= 0.6 is 15.9 Å². The molecule has 5 heteroatoms. The van der Waals surface area contributed by atoms with E-state index in [2.05, 4.69) is 15.9 Å². The van der Waals surface area contributed by atoms with Gasteiger partial charge in [-0.25, -0.2) is 8.78 Å². The van der Waals surface area contributed by atoms with E-state index in [-0.39, 0.29) is 6.61 Å².